The monoisotopic (exact) mass is 352 g/mol. The molecule has 0 saturated heterocycles. The zero-order valence-electron chi connectivity index (χ0n) is 14.9. The summed E-state index contributed by atoms with van der Waals surface area (Å²) in [5.74, 6) is 0.653. The molecule has 3 heteroatoms. The van der Waals surface area contributed by atoms with Crippen molar-refractivity contribution >= 4 is 23.5 Å². The lowest BCUT2D eigenvalue weighted by atomic mass is 9.56. The molecule has 0 N–H and O–H groups in total. The van der Waals surface area contributed by atoms with Crippen LogP contribution in [0.15, 0.2) is 60.7 Å². The molecule has 3 fully saturated rings. The lowest BCUT2D eigenvalue weighted by Gasteiger charge is -2.56. The average Bonchev–Trinajstić information content (AvgIpc) is 2.67. The Bertz CT molecular complexity index is 787. The zero-order valence-corrected chi connectivity index (χ0v) is 15.8. The van der Waals surface area contributed by atoms with Gasteiger partial charge in [-0.3, -0.25) is 4.79 Å². The molecule has 2 aromatic carbocycles. The van der Waals surface area contributed by atoms with Crippen molar-refractivity contribution in [3.63, 3.8) is 0 Å². The van der Waals surface area contributed by atoms with E-state index in [9.17, 15) is 9.36 Å². The van der Waals surface area contributed by atoms with Gasteiger partial charge in [0.15, 0.2) is 12.9 Å². The molecule has 5 rings (SSSR count). The third-order valence-corrected chi connectivity index (χ3v) is 10.6. The Morgan fingerprint density at radius 2 is 1.28 bits per heavy atom. The smallest absolute Gasteiger partial charge is 0.156 e. The predicted octanol–water partition coefficient (Wildman–Crippen LogP) is 4.54. The summed E-state index contributed by atoms with van der Waals surface area (Å²) >= 11 is 0. The topological polar surface area (TPSA) is 34.1 Å². The minimum absolute atomic E-state index is 0.221. The fourth-order valence-electron chi connectivity index (χ4n) is 5.21. The van der Waals surface area contributed by atoms with Crippen LogP contribution in [0, 0.1) is 11.3 Å². The molecule has 0 aliphatic heterocycles. The van der Waals surface area contributed by atoms with Crippen LogP contribution < -0.4 is 10.6 Å². The summed E-state index contributed by atoms with van der Waals surface area (Å²) in [4.78, 5) is 13.7. The van der Waals surface area contributed by atoms with E-state index < -0.39 is 12.3 Å². The van der Waals surface area contributed by atoms with E-state index in [-0.39, 0.29) is 11.2 Å². The van der Waals surface area contributed by atoms with Crippen molar-refractivity contribution in [3.05, 3.63) is 60.7 Å². The molecule has 0 spiro atoms. The Labute approximate surface area is 150 Å². The summed E-state index contributed by atoms with van der Waals surface area (Å²) in [5, 5.41) is 0.907. The molecule has 0 radical (unpaired) electrons. The molecule has 25 heavy (non-hydrogen) atoms. The second-order valence-electron chi connectivity index (χ2n) is 8.14. The van der Waals surface area contributed by atoms with Crippen LogP contribution >= 0.6 is 7.14 Å². The van der Waals surface area contributed by atoms with Gasteiger partial charge in [0.25, 0.3) is 0 Å². The molecule has 3 aliphatic carbocycles. The summed E-state index contributed by atoms with van der Waals surface area (Å²) in [7, 11) is -3.08. The maximum atomic E-state index is 14.8. The van der Waals surface area contributed by atoms with Gasteiger partial charge in [0, 0.05) is 16.0 Å². The second kappa shape index (κ2) is 5.68. The van der Waals surface area contributed by atoms with Crippen LogP contribution in [-0.2, 0) is 9.36 Å². The largest absolute Gasteiger partial charge is 0.313 e. The first-order valence-electron chi connectivity index (χ1n) is 9.19. The Hall–Kier alpha value is -1.66. The Balaban J connectivity index is 1.99. The van der Waals surface area contributed by atoms with Crippen molar-refractivity contribution in [2.45, 2.75) is 44.7 Å². The quantitative estimate of drug-likeness (QED) is 0.760. The lowest BCUT2D eigenvalue weighted by molar-refractivity contribution is -0.141. The maximum Gasteiger partial charge on any atom is 0.156 e. The van der Waals surface area contributed by atoms with Crippen molar-refractivity contribution in [2.75, 3.05) is 0 Å². The van der Waals surface area contributed by atoms with Crippen LogP contribution in [0.2, 0.25) is 0 Å². The minimum Gasteiger partial charge on any atom is -0.313 e. The van der Waals surface area contributed by atoms with Crippen molar-refractivity contribution < 1.29 is 9.36 Å². The molecular weight excluding hydrogens is 327 g/mol. The number of rotatable bonds is 3. The van der Waals surface area contributed by atoms with Crippen LogP contribution in [0.25, 0.3) is 0 Å². The SMILES string of the molecule is CC1(C)C(=O)C2(P(=O)(c3ccccc3)c3ccccc3)CCC1CC2. The molecule has 0 atom stereocenters. The van der Waals surface area contributed by atoms with Gasteiger partial charge in [0.1, 0.15) is 0 Å². The number of ketones is 1. The number of fused-ring (bicyclic) bond motifs is 3. The van der Waals surface area contributed by atoms with Crippen LogP contribution in [0.1, 0.15) is 39.5 Å². The summed E-state index contributed by atoms with van der Waals surface area (Å²) in [6.07, 6.45) is 3.51. The van der Waals surface area contributed by atoms with Crippen LogP contribution in [0.3, 0.4) is 0 Å². The number of hydrogen-bond donors (Lipinski definition) is 0. The molecular formula is C22H25O2P. The van der Waals surface area contributed by atoms with E-state index in [1.807, 2.05) is 60.7 Å². The highest BCUT2D eigenvalue weighted by atomic mass is 31.2. The van der Waals surface area contributed by atoms with Gasteiger partial charge in [-0.15, -0.1) is 0 Å². The fourth-order valence-corrected chi connectivity index (χ4v) is 9.14. The second-order valence-corrected chi connectivity index (χ2v) is 11.2. The highest BCUT2D eigenvalue weighted by molar-refractivity contribution is 7.81. The summed E-state index contributed by atoms with van der Waals surface area (Å²) in [6, 6.07) is 19.4. The third kappa shape index (κ3) is 2.16. The standard InChI is InChI=1S/C22H25O2P/c1-21(2)17-13-15-22(16-14-17,20(21)23)25(24,18-9-5-3-6-10-18)19-11-7-4-8-12-19/h3-12,17H,13-16H2,1-2H3. The first-order valence-corrected chi connectivity index (χ1v) is 10.9. The maximum absolute atomic E-state index is 14.8. The van der Waals surface area contributed by atoms with E-state index in [1.165, 1.54) is 0 Å². The van der Waals surface area contributed by atoms with E-state index in [0.29, 0.717) is 5.92 Å². The summed E-state index contributed by atoms with van der Waals surface area (Å²) in [5.41, 5.74) is -0.379. The fraction of sp³-hybridized carbons (Fsp3) is 0.409. The third-order valence-electron chi connectivity index (χ3n) is 6.68. The molecule has 130 valence electrons. The van der Waals surface area contributed by atoms with Crippen molar-refractivity contribution in [2.24, 2.45) is 11.3 Å². The predicted molar refractivity (Wildman–Crippen MR) is 103 cm³/mol. The molecule has 2 nitrogen and oxygen atoms in total. The molecule has 0 unspecified atom stereocenters. The van der Waals surface area contributed by atoms with Crippen molar-refractivity contribution in [1.29, 1.82) is 0 Å². The number of benzene rings is 2. The normalized spacial score (nSPS) is 28.1. The molecule has 3 saturated carbocycles. The minimum atomic E-state index is -3.08. The van der Waals surface area contributed by atoms with E-state index >= 15 is 0 Å². The van der Waals surface area contributed by atoms with E-state index in [2.05, 4.69) is 13.8 Å². The van der Waals surface area contributed by atoms with Gasteiger partial charge in [0.05, 0.1) is 5.16 Å². The van der Waals surface area contributed by atoms with Gasteiger partial charge in [-0.25, -0.2) is 0 Å². The Kier molecular flexibility index (Phi) is 3.81. The van der Waals surface area contributed by atoms with Crippen LogP contribution in [-0.4, -0.2) is 10.9 Å². The average molecular weight is 352 g/mol. The molecule has 0 heterocycles. The summed E-state index contributed by atoms with van der Waals surface area (Å²) < 4.78 is 14.8. The number of hydrogen-bond acceptors (Lipinski definition) is 2. The van der Waals surface area contributed by atoms with Crippen molar-refractivity contribution in [1.82, 2.24) is 0 Å². The molecule has 3 aliphatic rings. The van der Waals surface area contributed by atoms with Crippen LogP contribution in [0.5, 0.6) is 0 Å². The molecule has 2 bridgehead atoms. The Morgan fingerprint density at radius 1 is 0.840 bits per heavy atom. The first kappa shape index (κ1) is 16.8. The summed E-state index contributed by atoms with van der Waals surface area (Å²) in [6.45, 7) is 4.13. The molecule has 2 aromatic rings. The van der Waals surface area contributed by atoms with Crippen LogP contribution in [0.4, 0.5) is 0 Å². The van der Waals surface area contributed by atoms with E-state index in [1.54, 1.807) is 0 Å². The number of Topliss-reactive ketones (excluding diaryl/α,β-unsaturated/α-hetero) is 1. The lowest BCUT2D eigenvalue weighted by Crippen LogP contribution is -2.60. The Morgan fingerprint density at radius 3 is 1.72 bits per heavy atom. The van der Waals surface area contributed by atoms with Gasteiger partial charge in [-0.1, -0.05) is 74.5 Å². The van der Waals surface area contributed by atoms with E-state index in [4.69, 9.17) is 0 Å². The first-order chi connectivity index (χ1) is 11.9. The molecule has 0 amide bonds. The van der Waals surface area contributed by atoms with Gasteiger partial charge in [-0.2, -0.15) is 0 Å². The molecule has 0 aromatic heterocycles. The van der Waals surface area contributed by atoms with Gasteiger partial charge in [-0.05, 0) is 31.6 Å². The van der Waals surface area contributed by atoms with Gasteiger partial charge < -0.3 is 4.57 Å². The number of carbonyl (C=O) groups excluding carboxylic acids is 1. The number of carbonyl (C=O) groups is 1. The van der Waals surface area contributed by atoms with Gasteiger partial charge in [0.2, 0.25) is 0 Å². The zero-order chi connectivity index (χ0) is 17.7. The van der Waals surface area contributed by atoms with Crippen molar-refractivity contribution in [3.8, 4) is 0 Å². The highest BCUT2D eigenvalue weighted by Crippen LogP contribution is 2.69. The van der Waals surface area contributed by atoms with Gasteiger partial charge >= 0.3 is 0 Å². The van der Waals surface area contributed by atoms with E-state index in [0.717, 1.165) is 36.3 Å². The highest BCUT2D eigenvalue weighted by Gasteiger charge is 2.64.